The molecule has 2 rings (SSSR count). The number of hydrogen-bond acceptors (Lipinski definition) is 5. The minimum Gasteiger partial charge on any atom is -0.232 e. The second kappa shape index (κ2) is 4.58. The van der Waals surface area contributed by atoms with Gasteiger partial charge in [-0.05, 0) is 0 Å². The van der Waals surface area contributed by atoms with Crippen LogP contribution in [-0.2, 0) is 10.0 Å². The molecule has 0 bridgehead atoms. The molecule has 0 radical (unpaired) electrons. The Hall–Kier alpha value is 0.180. The first-order valence-corrected chi connectivity index (χ1v) is 8.09. The van der Waals surface area contributed by atoms with Crippen LogP contribution in [0.4, 0.5) is 0 Å². The highest BCUT2D eigenvalue weighted by Gasteiger charge is 2.27. The first kappa shape index (κ1) is 11.7. The van der Waals surface area contributed by atoms with E-state index in [0.717, 1.165) is 22.8 Å². The van der Waals surface area contributed by atoms with E-state index in [1.165, 1.54) is 10.5 Å². The summed E-state index contributed by atoms with van der Waals surface area (Å²) in [5.41, 5.74) is 0. The zero-order chi connectivity index (χ0) is 10.9. The van der Waals surface area contributed by atoms with Crippen LogP contribution in [0.25, 0.3) is 0 Å². The predicted molar refractivity (Wildman–Crippen MR) is 63.2 cm³/mol. The lowest BCUT2D eigenvalue weighted by atomic mass is 10.6. The van der Waals surface area contributed by atoms with E-state index < -0.39 is 10.0 Å². The number of sulfonamides is 1. The van der Waals surface area contributed by atoms with Gasteiger partial charge >= 0.3 is 0 Å². The monoisotopic (exact) mass is 284 g/mol. The summed E-state index contributed by atoms with van der Waals surface area (Å²) in [6.07, 6.45) is 1.32. The lowest BCUT2D eigenvalue weighted by molar-refractivity contribution is 0.445. The first-order valence-electron chi connectivity index (χ1n) is 4.30. The molecule has 0 amide bonds. The molecule has 2 heterocycles. The molecule has 1 aromatic heterocycles. The second-order valence-corrected chi connectivity index (χ2v) is 7.95. The normalized spacial score (nSPS) is 19.3. The standard InChI is InChI=1S/C7H9ClN2O2S3/c8-7-9-5-6(14-7)15(11,12)10-1-3-13-4-2-10/h5H,1-4H2. The summed E-state index contributed by atoms with van der Waals surface area (Å²) in [5, 5.41) is 0. The van der Waals surface area contributed by atoms with Crippen molar-refractivity contribution in [2.24, 2.45) is 0 Å². The van der Waals surface area contributed by atoms with Crippen molar-refractivity contribution in [1.82, 2.24) is 9.29 Å². The maximum Gasteiger partial charge on any atom is 0.254 e. The Balaban J connectivity index is 2.26. The average Bonchev–Trinajstić information content (AvgIpc) is 2.67. The van der Waals surface area contributed by atoms with E-state index in [9.17, 15) is 8.42 Å². The maximum atomic E-state index is 12.0. The van der Waals surface area contributed by atoms with Crippen molar-refractivity contribution in [3.63, 3.8) is 0 Å². The molecule has 84 valence electrons. The highest BCUT2D eigenvalue weighted by molar-refractivity contribution is 7.99. The van der Waals surface area contributed by atoms with Crippen molar-refractivity contribution in [3.05, 3.63) is 10.7 Å². The van der Waals surface area contributed by atoms with Gasteiger partial charge in [-0.15, -0.1) is 0 Å². The summed E-state index contributed by atoms with van der Waals surface area (Å²) in [6.45, 7) is 1.14. The average molecular weight is 285 g/mol. The lowest BCUT2D eigenvalue weighted by Gasteiger charge is -2.24. The molecule has 0 spiro atoms. The molecule has 1 aliphatic heterocycles. The number of thiazole rings is 1. The highest BCUT2D eigenvalue weighted by Crippen LogP contribution is 2.26. The van der Waals surface area contributed by atoms with E-state index in [4.69, 9.17) is 11.6 Å². The van der Waals surface area contributed by atoms with Crippen molar-refractivity contribution in [2.75, 3.05) is 24.6 Å². The van der Waals surface area contributed by atoms with Crippen molar-refractivity contribution in [1.29, 1.82) is 0 Å². The van der Waals surface area contributed by atoms with Gasteiger partial charge in [-0.2, -0.15) is 16.1 Å². The molecule has 0 aromatic carbocycles. The molecule has 1 saturated heterocycles. The van der Waals surface area contributed by atoms with Crippen LogP contribution in [0.15, 0.2) is 10.4 Å². The number of nitrogens with zero attached hydrogens (tertiary/aromatic N) is 2. The van der Waals surface area contributed by atoms with Crippen LogP contribution < -0.4 is 0 Å². The van der Waals surface area contributed by atoms with Gasteiger partial charge in [-0.25, -0.2) is 13.4 Å². The third-order valence-corrected chi connectivity index (χ3v) is 6.41. The molecule has 1 aromatic rings. The summed E-state index contributed by atoms with van der Waals surface area (Å²) in [6, 6.07) is 0. The van der Waals surface area contributed by atoms with Crippen LogP contribution in [0.1, 0.15) is 0 Å². The molecule has 0 saturated carbocycles. The fraction of sp³-hybridized carbons (Fsp3) is 0.571. The van der Waals surface area contributed by atoms with Crippen molar-refractivity contribution >= 4 is 44.7 Å². The molecule has 0 aliphatic carbocycles. The molecule has 0 unspecified atom stereocenters. The smallest absolute Gasteiger partial charge is 0.232 e. The Bertz CT molecular complexity index is 439. The van der Waals surface area contributed by atoms with Gasteiger partial charge in [0.1, 0.15) is 0 Å². The van der Waals surface area contributed by atoms with Crippen molar-refractivity contribution in [3.8, 4) is 0 Å². The largest absolute Gasteiger partial charge is 0.254 e. The third kappa shape index (κ3) is 2.47. The highest BCUT2D eigenvalue weighted by atomic mass is 35.5. The molecule has 0 atom stereocenters. The van der Waals surface area contributed by atoms with Gasteiger partial charge in [0.2, 0.25) is 0 Å². The lowest BCUT2D eigenvalue weighted by Crippen LogP contribution is -2.37. The van der Waals surface area contributed by atoms with Crippen LogP contribution in [0, 0.1) is 0 Å². The fourth-order valence-corrected chi connectivity index (χ4v) is 5.30. The van der Waals surface area contributed by atoms with Gasteiger partial charge in [0, 0.05) is 24.6 Å². The van der Waals surface area contributed by atoms with Crippen molar-refractivity contribution < 1.29 is 8.42 Å². The second-order valence-electron chi connectivity index (χ2n) is 2.95. The molecule has 15 heavy (non-hydrogen) atoms. The molecular formula is C7H9ClN2O2S3. The zero-order valence-electron chi connectivity index (χ0n) is 7.72. The van der Waals surface area contributed by atoms with Gasteiger partial charge < -0.3 is 0 Å². The third-order valence-electron chi connectivity index (χ3n) is 2.02. The zero-order valence-corrected chi connectivity index (χ0v) is 10.9. The first-order chi connectivity index (χ1) is 7.10. The molecule has 0 N–H and O–H groups in total. The Morgan fingerprint density at radius 2 is 2.07 bits per heavy atom. The molecule has 8 heteroatoms. The number of rotatable bonds is 2. The molecular weight excluding hydrogens is 276 g/mol. The SMILES string of the molecule is O=S(=O)(c1cnc(Cl)s1)N1CCSCC1. The Kier molecular flexibility index (Phi) is 3.56. The topological polar surface area (TPSA) is 50.3 Å². The van der Waals surface area contributed by atoms with E-state index in [2.05, 4.69) is 4.98 Å². The quantitative estimate of drug-likeness (QED) is 0.826. The van der Waals surface area contributed by atoms with Crippen LogP contribution in [0.3, 0.4) is 0 Å². The van der Waals surface area contributed by atoms with Crippen LogP contribution in [0.2, 0.25) is 4.47 Å². The summed E-state index contributed by atoms with van der Waals surface area (Å²) in [4.78, 5) is 3.75. The Labute approximate surface area is 102 Å². The minimum absolute atomic E-state index is 0.236. The van der Waals surface area contributed by atoms with Gasteiger partial charge in [0.25, 0.3) is 10.0 Å². The maximum absolute atomic E-state index is 12.0. The number of thioether (sulfide) groups is 1. The number of halogens is 1. The van der Waals surface area contributed by atoms with Gasteiger partial charge in [0.05, 0.1) is 6.20 Å². The van der Waals surface area contributed by atoms with Crippen LogP contribution in [0.5, 0.6) is 0 Å². The summed E-state index contributed by atoms with van der Waals surface area (Å²) in [7, 11) is -3.35. The van der Waals surface area contributed by atoms with Gasteiger partial charge in [-0.1, -0.05) is 22.9 Å². The number of aromatic nitrogens is 1. The van der Waals surface area contributed by atoms with E-state index in [-0.39, 0.29) is 8.68 Å². The van der Waals surface area contributed by atoms with E-state index in [1.54, 1.807) is 11.8 Å². The fourth-order valence-electron chi connectivity index (χ4n) is 1.27. The summed E-state index contributed by atoms with van der Waals surface area (Å²) < 4.78 is 26.1. The van der Waals surface area contributed by atoms with E-state index in [0.29, 0.717) is 13.1 Å². The molecule has 1 fully saturated rings. The Morgan fingerprint density at radius 3 is 2.60 bits per heavy atom. The Morgan fingerprint density at radius 1 is 1.40 bits per heavy atom. The molecule has 1 aliphatic rings. The van der Waals surface area contributed by atoms with Gasteiger partial charge in [0.15, 0.2) is 8.68 Å². The minimum atomic E-state index is -3.35. The number of hydrogen-bond donors (Lipinski definition) is 0. The summed E-state index contributed by atoms with van der Waals surface area (Å²) >= 11 is 8.40. The van der Waals surface area contributed by atoms with Crippen LogP contribution in [-0.4, -0.2) is 42.3 Å². The predicted octanol–water partition coefficient (Wildman–Crippen LogP) is 1.53. The van der Waals surface area contributed by atoms with Crippen molar-refractivity contribution in [2.45, 2.75) is 4.21 Å². The van der Waals surface area contributed by atoms with E-state index >= 15 is 0 Å². The molecule has 4 nitrogen and oxygen atoms in total. The van der Waals surface area contributed by atoms with Gasteiger partial charge in [-0.3, -0.25) is 0 Å². The van der Waals surface area contributed by atoms with E-state index in [1.807, 2.05) is 0 Å². The van der Waals surface area contributed by atoms with Crippen LogP contribution >= 0.6 is 34.7 Å². The summed E-state index contributed by atoms with van der Waals surface area (Å²) in [5.74, 6) is 1.71.